The van der Waals surface area contributed by atoms with E-state index < -0.39 is 0 Å². The van der Waals surface area contributed by atoms with Crippen molar-refractivity contribution in [3.63, 3.8) is 0 Å². The lowest BCUT2D eigenvalue weighted by Crippen LogP contribution is -2.19. The van der Waals surface area contributed by atoms with Gasteiger partial charge in [0.2, 0.25) is 0 Å². The normalized spacial score (nSPS) is 12.2. The number of rotatable bonds is 4. The molecule has 100 valence electrons. The molecule has 2 aromatic carbocycles. The minimum absolute atomic E-state index is 0.161. The number of methoxy groups -OCH3 is 1. The van der Waals surface area contributed by atoms with Gasteiger partial charge in [-0.05, 0) is 37.2 Å². The Morgan fingerprint density at radius 3 is 2.47 bits per heavy atom. The average Bonchev–Trinajstić information content (AvgIpc) is 2.42. The van der Waals surface area contributed by atoms with Crippen LogP contribution in [0.3, 0.4) is 0 Å². The van der Waals surface area contributed by atoms with Crippen LogP contribution in [0.4, 0.5) is 4.39 Å². The number of hydrogen-bond acceptors (Lipinski definition) is 2. The molecule has 0 fully saturated rings. The van der Waals surface area contributed by atoms with Crippen molar-refractivity contribution in [2.75, 3.05) is 14.2 Å². The summed E-state index contributed by atoms with van der Waals surface area (Å²) in [6.45, 7) is 1.98. The molecule has 19 heavy (non-hydrogen) atoms. The molecule has 0 saturated heterocycles. The van der Waals surface area contributed by atoms with Crippen LogP contribution < -0.4 is 10.1 Å². The van der Waals surface area contributed by atoms with Crippen LogP contribution in [0.15, 0.2) is 42.5 Å². The Morgan fingerprint density at radius 2 is 1.89 bits per heavy atom. The fourth-order valence-corrected chi connectivity index (χ4v) is 2.29. The van der Waals surface area contributed by atoms with Crippen molar-refractivity contribution in [2.24, 2.45) is 0 Å². The molecular formula is C16H18FNO. The first-order chi connectivity index (χ1) is 9.17. The number of hydrogen-bond donors (Lipinski definition) is 1. The van der Waals surface area contributed by atoms with Crippen molar-refractivity contribution >= 4 is 0 Å². The van der Waals surface area contributed by atoms with Gasteiger partial charge in [-0.25, -0.2) is 4.39 Å². The molecule has 0 heterocycles. The summed E-state index contributed by atoms with van der Waals surface area (Å²) in [6, 6.07) is 12.6. The van der Waals surface area contributed by atoms with Gasteiger partial charge in [0.15, 0.2) is 0 Å². The summed E-state index contributed by atoms with van der Waals surface area (Å²) in [5.74, 6) is 0.641. The molecule has 0 aliphatic rings. The smallest absolute Gasteiger partial charge is 0.128 e. The average molecular weight is 259 g/mol. The van der Waals surface area contributed by atoms with Crippen LogP contribution in [0, 0.1) is 12.7 Å². The van der Waals surface area contributed by atoms with Crippen LogP contribution in [-0.2, 0) is 0 Å². The minimum atomic E-state index is -0.199. The molecule has 1 N–H and O–H groups in total. The van der Waals surface area contributed by atoms with Crippen molar-refractivity contribution < 1.29 is 9.13 Å². The first kappa shape index (κ1) is 13.6. The van der Waals surface area contributed by atoms with Gasteiger partial charge in [0, 0.05) is 5.56 Å². The van der Waals surface area contributed by atoms with Gasteiger partial charge in [0.1, 0.15) is 11.6 Å². The first-order valence-corrected chi connectivity index (χ1v) is 6.23. The van der Waals surface area contributed by atoms with E-state index in [1.165, 1.54) is 6.07 Å². The predicted molar refractivity (Wildman–Crippen MR) is 75.0 cm³/mol. The van der Waals surface area contributed by atoms with Crippen LogP contribution in [0.2, 0.25) is 0 Å². The lowest BCUT2D eigenvalue weighted by molar-refractivity contribution is 0.411. The van der Waals surface area contributed by atoms with E-state index in [1.807, 2.05) is 38.2 Å². The van der Waals surface area contributed by atoms with Crippen LogP contribution in [0.5, 0.6) is 5.75 Å². The Morgan fingerprint density at radius 1 is 1.16 bits per heavy atom. The Labute approximate surface area is 113 Å². The third kappa shape index (κ3) is 2.76. The van der Waals surface area contributed by atoms with Gasteiger partial charge in [-0.3, -0.25) is 0 Å². The zero-order chi connectivity index (χ0) is 13.8. The van der Waals surface area contributed by atoms with Gasteiger partial charge >= 0.3 is 0 Å². The fourth-order valence-electron chi connectivity index (χ4n) is 2.29. The lowest BCUT2D eigenvalue weighted by atomic mass is 9.97. The monoisotopic (exact) mass is 259 g/mol. The summed E-state index contributed by atoms with van der Waals surface area (Å²) in [6.07, 6.45) is 0. The SMILES string of the molecule is CNC(c1ccc(OC)c(C)c1)c1ccccc1F. The number of halogens is 1. The third-order valence-electron chi connectivity index (χ3n) is 3.26. The van der Waals surface area contributed by atoms with Crippen molar-refractivity contribution in [3.8, 4) is 5.75 Å². The zero-order valence-corrected chi connectivity index (χ0v) is 11.4. The second kappa shape index (κ2) is 5.85. The largest absolute Gasteiger partial charge is 0.496 e. The molecule has 0 amide bonds. The van der Waals surface area contributed by atoms with E-state index in [0.29, 0.717) is 5.56 Å². The topological polar surface area (TPSA) is 21.3 Å². The van der Waals surface area contributed by atoms with Crippen LogP contribution >= 0.6 is 0 Å². The summed E-state index contributed by atoms with van der Waals surface area (Å²) in [7, 11) is 3.48. The molecule has 0 bridgehead atoms. The fraction of sp³-hybridized carbons (Fsp3) is 0.250. The second-order valence-corrected chi connectivity index (χ2v) is 4.47. The predicted octanol–water partition coefficient (Wildman–Crippen LogP) is 3.45. The Kier molecular flexibility index (Phi) is 4.17. The summed E-state index contributed by atoms with van der Waals surface area (Å²) >= 11 is 0. The summed E-state index contributed by atoms with van der Waals surface area (Å²) < 4.78 is 19.1. The lowest BCUT2D eigenvalue weighted by Gasteiger charge is -2.19. The van der Waals surface area contributed by atoms with Crippen molar-refractivity contribution in [1.82, 2.24) is 5.32 Å². The maximum Gasteiger partial charge on any atom is 0.128 e. The van der Waals surface area contributed by atoms with E-state index in [1.54, 1.807) is 19.2 Å². The molecule has 1 atom stereocenters. The van der Waals surface area contributed by atoms with Gasteiger partial charge in [0.25, 0.3) is 0 Å². The molecule has 2 rings (SSSR count). The Bertz CT molecular complexity index is 568. The minimum Gasteiger partial charge on any atom is -0.496 e. The van der Waals surface area contributed by atoms with E-state index in [4.69, 9.17) is 4.74 Å². The maximum atomic E-state index is 13.9. The molecule has 1 unspecified atom stereocenters. The van der Waals surface area contributed by atoms with Gasteiger partial charge in [0.05, 0.1) is 13.2 Å². The zero-order valence-electron chi connectivity index (χ0n) is 11.4. The molecule has 0 aliphatic heterocycles. The number of aryl methyl sites for hydroxylation is 1. The van der Waals surface area contributed by atoms with Crippen LogP contribution in [0.25, 0.3) is 0 Å². The van der Waals surface area contributed by atoms with Gasteiger partial charge in [-0.1, -0.05) is 30.3 Å². The number of benzene rings is 2. The standard InChI is InChI=1S/C16H18FNO/c1-11-10-12(8-9-15(11)19-3)16(18-2)13-6-4-5-7-14(13)17/h4-10,16,18H,1-3H3. The van der Waals surface area contributed by atoms with Crippen molar-refractivity contribution in [1.29, 1.82) is 0 Å². The van der Waals surface area contributed by atoms with Gasteiger partial charge in [-0.15, -0.1) is 0 Å². The first-order valence-electron chi connectivity index (χ1n) is 6.23. The molecule has 0 saturated carbocycles. The molecule has 2 aromatic rings. The van der Waals surface area contributed by atoms with Gasteiger partial charge in [-0.2, -0.15) is 0 Å². The number of nitrogens with one attached hydrogen (secondary N) is 1. The van der Waals surface area contributed by atoms with E-state index in [0.717, 1.165) is 16.9 Å². The van der Waals surface area contributed by atoms with Crippen molar-refractivity contribution in [2.45, 2.75) is 13.0 Å². The molecule has 0 radical (unpaired) electrons. The molecule has 2 nitrogen and oxygen atoms in total. The Hall–Kier alpha value is -1.87. The molecule has 0 aliphatic carbocycles. The highest BCUT2D eigenvalue weighted by Gasteiger charge is 2.16. The highest BCUT2D eigenvalue weighted by molar-refractivity contribution is 5.41. The maximum absolute atomic E-state index is 13.9. The van der Waals surface area contributed by atoms with Crippen molar-refractivity contribution in [3.05, 3.63) is 65.0 Å². The second-order valence-electron chi connectivity index (χ2n) is 4.47. The molecule has 3 heteroatoms. The molecular weight excluding hydrogens is 241 g/mol. The van der Waals surface area contributed by atoms with E-state index >= 15 is 0 Å². The molecule has 0 aromatic heterocycles. The molecule has 0 spiro atoms. The van der Waals surface area contributed by atoms with E-state index in [-0.39, 0.29) is 11.9 Å². The van der Waals surface area contributed by atoms with Crippen LogP contribution in [-0.4, -0.2) is 14.2 Å². The van der Waals surface area contributed by atoms with E-state index in [2.05, 4.69) is 5.32 Å². The Balaban J connectivity index is 2.43. The van der Waals surface area contributed by atoms with E-state index in [9.17, 15) is 4.39 Å². The summed E-state index contributed by atoms with van der Waals surface area (Å²) in [5, 5.41) is 3.16. The van der Waals surface area contributed by atoms with Crippen LogP contribution in [0.1, 0.15) is 22.7 Å². The quantitative estimate of drug-likeness (QED) is 0.908. The van der Waals surface area contributed by atoms with Gasteiger partial charge < -0.3 is 10.1 Å². The highest BCUT2D eigenvalue weighted by atomic mass is 19.1. The summed E-state index contributed by atoms with van der Waals surface area (Å²) in [5.41, 5.74) is 2.71. The summed E-state index contributed by atoms with van der Waals surface area (Å²) in [4.78, 5) is 0. The highest BCUT2D eigenvalue weighted by Crippen LogP contribution is 2.27. The number of ether oxygens (including phenoxy) is 1. The third-order valence-corrected chi connectivity index (χ3v) is 3.26.